The Hall–Kier alpha value is -0.370. The lowest BCUT2D eigenvalue weighted by Crippen LogP contribution is -2.54. The number of aliphatic hydroxyl groups excluding tert-OH is 1. The monoisotopic (exact) mass is 360 g/mol. The second-order valence-corrected chi connectivity index (χ2v) is 11.5. The third-order valence-corrected chi connectivity index (χ3v) is 9.92. The number of hydrogen-bond acceptors (Lipinski definition) is 2. The average molecular weight is 361 g/mol. The first kappa shape index (κ1) is 19.0. The number of ketones is 1. The van der Waals surface area contributed by atoms with Gasteiger partial charge in [0.1, 0.15) is 5.78 Å². The largest absolute Gasteiger partial charge is 0.393 e. The number of rotatable bonds is 2. The van der Waals surface area contributed by atoms with Gasteiger partial charge in [-0.3, -0.25) is 4.79 Å². The smallest absolute Gasteiger partial charge is 0.133 e. The van der Waals surface area contributed by atoms with Crippen LogP contribution in [0.25, 0.3) is 0 Å². The molecule has 4 aliphatic rings. The van der Waals surface area contributed by atoms with E-state index >= 15 is 0 Å². The summed E-state index contributed by atoms with van der Waals surface area (Å²) < 4.78 is 0. The number of aliphatic hydroxyl groups is 1. The van der Waals surface area contributed by atoms with Crippen LogP contribution < -0.4 is 0 Å². The van der Waals surface area contributed by atoms with E-state index in [1.54, 1.807) is 0 Å². The zero-order chi connectivity index (χ0) is 18.9. The molecule has 0 aromatic carbocycles. The van der Waals surface area contributed by atoms with Crippen LogP contribution in [0.5, 0.6) is 0 Å². The minimum Gasteiger partial charge on any atom is -0.393 e. The fourth-order valence-corrected chi connectivity index (χ4v) is 8.69. The van der Waals surface area contributed by atoms with Crippen LogP contribution in [0.15, 0.2) is 0 Å². The van der Waals surface area contributed by atoms with E-state index in [1.165, 1.54) is 44.9 Å². The van der Waals surface area contributed by atoms with Crippen molar-refractivity contribution in [3.63, 3.8) is 0 Å². The van der Waals surface area contributed by atoms with Crippen LogP contribution in [0, 0.1) is 52.3 Å². The zero-order valence-electron chi connectivity index (χ0n) is 17.6. The number of carbonyl (C=O) groups excluding carboxylic acids is 1. The quantitative estimate of drug-likeness (QED) is 0.708. The van der Waals surface area contributed by atoms with Crippen molar-refractivity contribution < 1.29 is 9.90 Å². The van der Waals surface area contributed by atoms with Gasteiger partial charge < -0.3 is 5.11 Å². The van der Waals surface area contributed by atoms with E-state index in [9.17, 15) is 9.90 Å². The van der Waals surface area contributed by atoms with Crippen LogP contribution in [-0.2, 0) is 4.79 Å². The van der Waals surface area contributed by atoms with Crippen molar-refractivity contribution >= 4 is 5.78 Å². The molecule has 0 radical (unpaired) electrons. The Balaban J connectivity index is 1.63. The van der Waals surface area contributed by atoms with Gasteiger partial charge in [0, 0.05) is 5.92 Å². The summed E-state index contributed by atoms with van der Waals surface area (Å²) >= 11 is 0. The second-order valence-electron chi connectivity index (χ2n) is 11.5. The number of carbonyl (C=O) groups is 1. The van der Waals surface area contributed by atoms with E-state index in [2.05, 4.69) is 20.8 Å². The molecule has 2 unspecified atom stereocenters. The third-order valence-electron chi connectivity index (χ3n) is 9.92. The van der Waals surface area contributed by atoms with Crippen LogP contribution in [0.3, 0.4) is 0 Å². The summed E-state index contributed by atoms with van der Waals surface area (Å²) in [5.74, 6) is 5.31. The van der Waals surface area contributed by atoms with Crippen molar-refractivity contribution in [2.45, 2.75) is 92.1 Å². The van der Waals surface area contributed by atoms with Gasteiger partial charge in [-0.1, -0.05) is 20.8 Å². The van der Waals surface area contributed by atoms with Crippen molar-refractivity contribution in [1.82, 2.24) is 0 Å². The maximum Gasteiger partial charge on any atom is 0.133 e. The van der Waals surface area contributed by atoms with Crippen molar-refractivity contribution in [1.29, 1.82) is 0 Å². The number of Topliss-reactive ketones (excluding diaryl/α,β-unsaturated/α-hetero) is 1. The summed E-state index contributed by atoms with van der Waals surface area (Å²) in [6, 6.07) is 0. The SMILES string of the molecule is CC(=O)[C@H]1CC[C@H]2[C@@H]3CC(C)(C)[C@@H]4CCC(C(C)O)C[C@@H]4[C@H]3CC[C@]12C. The highest BCUT2D eigenvalue weighted by Gasteiger charge is 2.60. The second kappa shape index (κ2) is 6.33. The Labute approximate surface area is 160 Å². The van der Waals surface area contributed by atoms with E-state index in [4.69, 9.17) is 0 Å². The summed E-state index contributed by atoms with van der Waals surface area (Å²) in [6.07, 6.45) is 9.97. The normalized spacial score (nSPS) is 51.1. The third kappa shape index (κ3) is 2.73. The van der Waals surface area contributed by atoms with Gasteiger partial charge in [-0.05, 0) is 112 Å². The maximum absolute atomic E-state index is 12.3. The molecule has 0 heterocycles. The number of fused-ring (bicyclic) bond motifs is 5. The maximum atomic E-state index is 12.3. The summed E-state index contributed by atoms with van der Waals surface area (Å²) in [4.78, 5) is 12.3. The Kier molecular flexibility index (Phi) is 4.61. The van der Waals surface area contributed by atoms with Crippen LogP contribution in [0.1, 0.15) is 86.0 Å². The highest BCUT2D eigenvalue weighted by atomic mass is 16.3. The molecule has 1 N–H and O–H groups in total. The van der Waals surface area contributed by atoms with Crippen molar-refractivity contribution in [2.75, 3.05) is 0 Å². The summed E-state index contributed by atoms with van der Waals surface area (Å²) in [5.41, 5.74) is 0.677. The molecule has 4 rings (SSSR count). The topological polar surface area (TPSA) is 37.3 Å². The first-order chi connectivity index (χ1) is 12.1. The fourth-order valence-electron chi connectivity index (χ4n) is 8.69. The van der Waals surface area contributed by atoms with E-state index in [1.807, 2.05) is 13.8 Å². The van der Waals surface area contributed by atoms with Gasteiger partial charge in [0.05, 0.1) is 6.10 Å². The van der Waals surface area contributed by atoms with Gasteiger partial charge in [-0.15, -0.1) is 0 Å². The molecule has 0 saturated heterocycles. The van der Waals surface area contributed by atoms with Gasteiger partial charge in [0.2, 0.25) is 0 Å². The molecule has 4 saturated carbocycles. The van der Waals surface area contributed by atoms with Crippen LogP contribution >= 0.6 is 0 Å². The summed E-state index contributed by atoms with van der Waals surface area (Å²) in [7, 11) is 0. The molecule has 2 nitrogen and oxygen atoms in total. The molecule has 9 atom stereocenters. The minimum absolute atomic E-state index is 0.151. The van der Waals surface area contributed by atoms with E-state index in [-0.39, 0.29) is 11.5 Å². The molecule has 26 heavy (non-hydrogen) atoms. The molecular formula is C24H40O2. The summed E-state index contributed by atoms with van der Waals surface area (Å²) in [5, 5.41) is 10.2. The Bertz CT molecular complexity index is 565. The van der Waals surface area contributed by atoms with E-state index < -0.39 is 0 Å². The van der Waals surface area contributed by atoms with Gasteiger partial charge in [-0.2, -0.15) is 0 Å². The van der Waals surface area contributed by atoms with Crippen molar-refractivity contribution in [3.05, 3.63) is 0 Å². The van der Waals surface area contributed by atoms with Crippen molar-refractivity contribution in [2.24, 2.45) is 52.3 Å². The molecule has 0 aromatic rings. The van der Waals surface area contributed by atoms with Crippen LogP contribution in [0.4, 0.5) is 0 Å². The standard InChI is InChI=1S/C24H40O2/c1-14(25)16-6-7-21-18(12-16)17-10-11-24(5)20(15(2)26)8-9-22(24)19(17)13-23(21,3)4/h14,16-22,25H,6-13H2,1-5H3/t14?,16?,17-,18-,19-,20-,21-,22+,24-/m1/s1. The molecule has 148 valence electrons. The van der Waals surface area contributed by atoms with Gasteiger partial charge in [0.15, 0.2) is 0 Å². The molecule has 0 aromatic heterocycles. The highest BCUT2D eigenvalue weighted by molar-refractivity contribution is 5.79. The van der Waals surface area contributed by atoms with Gasteiger partial charge in [-0.25, -0.2) is 0 Å². The molecule has 0 bridgehead atoms. The lowest BCUT2D eigenvalue weighted by Gasteiger charge is -2.61. The molecular weight excluding hydrogens is 320 g/mol. The average Bonchev–Trinajstić information content (AvgIpc) is 2.92. The highest BCUT2D eigenvalue weighted by Crippen LogP contribution is 2.67. The molecule has 0 aliphatic heterocycles. The lowest BCUT2D eigenvalue weighted by molar-refractivity contribution is -0.137. The fraction of sp³-hybridized carbons (Fsp3) is 0.958. The first-order valence-corrected chi connectivity index (χ1v) is 11.3. The Morgan fingerprint density at radius 3 is 2.31 bits per heavy atom. The Morgan fingerprint density at radius 1 is 0.962 bits per heavy atom. The van der Waals surface area contributed by atoms with Crippen LogP contribution in [0.2, 0.25) is 0 Å². The van der Waals surface area contributed by atoms with Gasteiger partial charge in [0.25, 0.3) is 0 Å². The summed E-state index contributed by atoms with van der Waals surface area (Å²) in [6.45, 7) is 11.3. The predicted octanol–water partition coefficient (Wildman–Crippen LogP) is 5.48. The molecule has 2 heteroatoms. The molecule has 4 aliphatic carbocycles. The van der Waals surface area contributed by atoms with E-state index in [0.29, 0.717) is 23.0 Å². The first-order valence-electron chi connectivity index (χ1n) is 11.3. The molecule has 0 amide bonds. The minimum atomic E-state index is -0.151. The lowest BCUT2D eigenvalue weighted by atomic mass is 9.44. The number of hydrogen-bond donors (Lipinski definition) is 1. The van der Waals surface area contributed by atoms with Crippen LogP contribution in [-0.4, -0.2) is 17.0 Å². The van der Waals surface area contributed by atoms with E-state index in [0.717, 1.165) is 36.0 Å². The van der Waals surface area contributed by atoms with Gasteiger partial charge >= 0.3 is 0 Å². The van der Waals surface area contributed by atoms with Crippen molar-refractivity contribution in [3.8, 4) is 0 Å². The Morgan fingerprint density at radius 2 is 1.65 bits per heavy atom. The molecule has 4 fully saturated rings. The predicted molar refractivity (Wildman–Crippen MR) is 106 cm³/mol. The molecule has 0 spiro atoms. The zero-order valence-corrected chi connectivity index (χ0v) is 17.6.